The molecule has 1 aromatic carbocycles. The summed E-state index contributed by atoms with van der Waals surface area (Å²) in [5.74, 6) is -0.129. The van der Waals surface area contributed by atoms with Gasteiger partial charge >= 0.3 is 0 Å². The lowest BCUT2D eigenvalue weighted by molar-refractivity contribution is 0.208. The largest absolute Gasteiger partial charge is 0.363 e. The van der Waals surface area contributed by atoms with Crippen LogP contribution in [0.5, 0.6) is 0 Å². The van der Waals surface area contributed by atoms with Gasteiger partial charge in [-0.05, 0) is 43.1 Å². The zero-order chi connectivity index (χ0) is 17.8. The van der Waals surface area contributed by atoms with E-state index in [2.05, 4.69) is 20.2 Å². The van der Waals surface area contributed by atoms with E-state index >= 15 is 0 Å². The molecule has 0 saturated carbocycles. The second-order valence-electron chi connectivity index (χ2n) is 6.60. The van der Waals surface area contributed by atoms with Gasteiger partial charge in [0.15, 0.2) is 11.6 Å². The van der Waals surface area contributed by atoms with Gasteiger partial charge in [0.05, 0.1) is 0 Å². The molecule has 5 nitrogen and oxygen atoms in total. The van der Waals surface area contributed by atoms with Crippen molar-refractivity contribution in [3.63, 3.8) is 0 Å². The molecular weight excluding hydrogens is 324 g/mol. The molecule has 7 heteroatoms. The van der Waals surface area contributed by atoms with Crippen molar-refractivity contribution in [1.82, 2.24) is 14.9 Å². The van der Waals surface area contributed by atoms with Crippen LogP contribution in [0.3, 0.4) is 0 Å². The molecule has 0 amide bonds. The molecule has 1 aliphatic rings. The Morgan fingerprint density at radius 2 is 2.08 bits per heavy atom. The highest BCUT2D eigenvalue weighted by Crippen LogP contribution is 2.18. The molecular formula is C18H23F2N5. The normalized spacial score (nSPS) is 18.2. The van der Waals surface area contributed by atoms with E-state index in [9.17, 15) is 8.78 Å². The van der Waals surface area contributed by atoms with Crippen LogP contribution in [0.4, 0.5) is 20.5 Å². The van der Waals surface area contributed by atoms with Gasteiger partial charge in [-0.1, -0.05) is 6.07 Å². The van der Waals surface area contributed by atoms with Crippen LogP contribution in [0.2, 0.25) is 0 Å². The zero-order valence-electron chi connectivity index (χ0n) is 14.5. The second-order valence-corrected chi connectivity index (χ2v) is 6.60. The molecule has 1 saturated heterocycles. The molecule has 0 spiro atoms. The predicted octanol–water partition coefficient (Wildman–Crippen LogP) is 2.90. The van der Waals surface area contributed by atoms with Crippen molar-refractivity contribution in [2.45, 2.75) is 25.4 Å². The molecule has 1 aliphatic heterocycles. The summed E-state index contributed by atoms with van der Waals surface area (Å²) in [7, 11) is 3.88. The van der Waals surface area contributed by atoms with Crippen LogP contribution in [-0.2, 0) is 6.54 Å². The lowest BCUT2D eigenvalue weighted by Crippen LogP contribution is -2.42. The van der Waals surface area contributed by atoms with Crippen LogP contribution in [0.1, 0.15) is 18.4 Å². The molecule has 1 fully saturated rings. The van der Waals surface area contributed by atoms with E-state index < -0.39 is 11.6 Å². The Kier molecular flexibility index (Phi) is 5.43. The maximum Gasteiger partial charge on any atom is 0.224 e. The van der Waals surface area contributed by atoms with Crippen LogP contribution in [0.15, 0.2) is 30.5 Å². The summed E-state index contributed by atoms with van der Waals surface area (Å²) in [5.41, 5.74) is 0.783. The SMILES string of the molecule is CN(C)c1ccnc(NC2CCCN(Cc3ccc(F)c(F)c3)C2)n1. The van der Waals surface area contributed by atoms with E-state index in [0.29, 0.717) is 12.5 Å². The van der Waals surface area contributed by atoms with E-state index in [-0.39, 0.29) is 6.04 Å². The van der Waals surface area contributed by atoms with Crippen LogP contribution < -0.4 is 10.2 Å². The van der Waals surface area contributed by atoms with Gasteiger partial charge in [-0.3, -0.25) is 4.90 Å². The summed E-state index contributed by atoms with van der Waals surface area (Å²) in [4.78, 5) is 13.0. The molecule has 0 radical (unpaired) electrons. The highest BCUT2D eigenvalue weighted by Gasteiger charge is 2.21. The number of likely N-dealkylation sites (tertiary alicyclic amines) is 1. The smallest absolute Gasteiger partial charge is 0.224 e. The van der Waals surface area contributed by atoms with E-state index in [0.717, 1.165) is 37.3 Å². The maximum absolute atomic E-state index is 13.4. The van der Waals surface area contributed by atoms with Gasteiger partial charge in [0.1, 0.15) is 5.82 Å². The number of nitrogens with one attached hydrogen (secondary N) is 1. The molecule has 2 aromatic rings. The molecule has 2 heterocycles. The number of benzene rings is 1. The lowest BCUT2D eigenvalue weighted by Gasteiger charge is -2.33. The minimum absolute atomic E-state index is 0.233. The number of piperidine rings is 1. The monoisotopic (exact) mass is 347 g/mol. The van der Waals surface area contributed by atoms with Crippen LogP contribution >= 0.6 is 0 Å². The minimum atomic E-state index is -0.806. The summed E-state index contributed by atoms with van der Waals surface area (Å²) in [6, 6.07) is 6.19. The van der Waals surface area contributed by atoms with Crippen molar-refractivity contribution in [3.8, 4) is 0 Å². The fourth-order valence-electron chi connectivity index (χ4n) is 3.06. The van der Waals surface area contributed by atoms with Crippen molar-refractivity contribution in [1.29, 1.82) is 0 Å². The Morgan fingerprint density at radius 3 is 2.84 bits per heavy atom. The van der Waals surface area contributed by atoms with Crippen molar-refractivity contribution in [2.24, 2.45) is 0 Å². The van der Waals surface area contributed by atoms with Crippen LogP contribution in [0.25, 0.3) is 0 Å². The third-order valence-corrected chi connectivity index (χ3v) is 4.33. The average Bonchev–Trinajstić information content (AvgIpc) is 2.59. The summed E-state index contributed by atoms with van der Waals surface area (Å²) in [6.07, 6.45) is 3.81. The van der Waals surface area contributed by atoms with Gasteiger partial charge < -0.3 is 10.2 Å². The number of anilines is 2. The number of hydrogen-bond donors (Lipinski definition) is 1. The summed E-state index contributed by atoms with van der Waals surface area (Å²) in [5, 5.41) is 3.39. The van der Waals surface area contributed by atoms with Crippen molar-refractivity contribution >= 4 is 11.8 Å². The quantitative estimate of drug-likeness (QED) is 0.901. The van der Waals surface area contributed by atoms with Gasteiger partial charge in [-0.15, -0.1) is 0 Å². The average molecular weight is 347 g/mol. The van der Waals surface area contributed by atoms with Crippen molar-refractivity contribution in [2.75, 3.05) is 37.4 Å². The minimum Gasteiger partial charge on any atom is -0.363 e. The first kappa shape index (κ1) is 17.5. The fourth-order valence-corrected chi connectivity index (χ4v) is 3.06. The number of aromatic nitrogens is 2. The summed E-state index contributed by atoms with van der Waals surface area (Å²) < 4.78 is 26.4. The molecule has 134 valence electrons. The third kappa shape index (κ3) is 4.63. The molecule has 3 rings (SSSR count). The summed E-state index contributed by atoms with van der Waals surface area (Å²) >= 11 is 0. The Bertz CT molecular complexity index is 722. The highest BCUT2D eigenvalue weighted by atomic mass is 19.2. The standard InChI is InChI=1S/C18H23F2N5/c1-24(2)17-7-8-21-18(23-17)22-14-4-3-9-25(12-14)11-13-5-6-15(19)16(20)10-13/h5-8,10,14H,3-4,9,11-12H2,1-2H3,(H,21,22,23). The third-order valence-electron chi connectivity index (χ3n) is 4.33. The predicted molar refractivity (Wildman–Crippen MR) is 94.6 cm³/mol. The first-order valence-electron chi connectivity index (χ1n) is 8.44. The Labute approximate surface area is 146 Å². The molecule has 0 aliphatic carbocycles. The topological polar surface area (TPSA) is 44.3 Å². The Balaban J connectivity index is 1.61. The fraction of sp³-hybridized carbons (Fsp3) is 0.444. The van der Waals surface area contributed by atoms with E-state index in [1.54, 1.807) is 12.3 Å². The van der Waals surface area contributed by atoms with Crippen molar-refractivity contribution < 1.29 is 8.78 Å². The van der Waals surface area contributed by atoms with Gasteiger partial charge in [0, 0.05) is 39.4 Å². The van der Waals surface area contributed by atoms with Gasteiger partial charge in [0.25, 0.3) is 0 Å². The first-order valence-corrected chi connectivity index (χ1v) is 8.44. The lowest BCUT2D eigenvalue weighted by atomic mass is 10.0. The molecule has 25 heavy (non-hydrogen) atoms. The van der Waals surface area contributed by atoms with Crippen molar-refractivity contribution in [3.05, 3.63) is 47.7 Å². The number of nitrogens with zero attached hydrogens (tertiary/aromatic N) is 4. The summed E-state index contributed by atoms with van der Waals surface area (Å²) in [6.45, 7) is 2.36. The molecule has 1 aromatic heterocycles. The molecule has 0 bridgehead atoms. The molecule has 1 atom stereocenters. The number of hydrogen-bond acceptors (Lipinski definition) is 5. The van der Waals surface area contributed by atoms with Gasteiger partial charge in [-0.2, -0.15) is 4.98 Å². The van der Waals surface area contributed by atoms with Gasteiger partial charge in [-0.25, -0.2) is 13.8 Å². The Morgan fingerprint density at radius 1 is 1.24 bits per heavy atom. The maximum atomic E-state index is 13.4. The second kappa shape index (κ2) is 7.74. The van der Waals surface area contributed by atoms with Crippen LogP contribution in [0, 0.1) is 11.6 Å². The molecule has 1 N–H and O–H groups in total. The highest BCUT2D eigenvalue weighted by molar-refractivity contribution is 5.41. The number of halogens is 2. The van der Waals surface area contributed by atoms with E-state index in [1.807, 2.05) is 25.1 Å². The van der Waals surface area contributed by atoms with E-state index in [1.165, 1.54) is 12.1 Å². The first-order chi connectivity index (χ1) is 12.0. The zero-order valence-corrected chi connectivity index (χ0v) is 14.5. The van der Waals surface area contributed by atoms with Crippen LogP contribution in [-0.4, -0.2) is 48.1 Å². The van der Waals surface area contributed by atoms with Gasteiger partial charge in [0.2, 0.25) is 5.95 Å². The number of rotatable bonds is 5. The molecule has 1 unspecified atom stereocenters. The van der Waals surface area contributed by atoms with E-state index in [4.69, 9.17) is 0 Å². The Hall–Kier alpha value is -2.28.